The maximum absolute atomic E-state index is 12.6. The van der Waals surface area contributed by atoms with Crippen LogP contribution in [0.4, 0.5) is 5.82 Å². The lowest BCUT2D eigenvalue weighted by Gasteiger charge is -2.26. The summed E-state index contributed by atoms with van der Waals surface area (Å²) in [5.74, 6) is 0.757. The number of halogens is 1. The van der Waals surface area contributed by atoms with Gasteiger partial charge >= 0.3 is 0 Å². The number of hydrogen-bond donors (Lipinski definition) is 2. The first-order valence-corrected chi connectivity index (χ1v) is 7.51. The van der Waals surface area contributed by atoms with Crippen LogP contribution in [0.25, 0.3) is 0 Å². The molecule has 19 heavy (non-hydrogen) atoms. The van der Waals surface area contributed by atoms with Gasteiger partial charge in [-0.3, -0.25) is 4.79 Å². The highest BCUT2D eigenvalue weighted by Gasteiger charge is 2.40. The van der Waals surface area contributed by atoms with E-state index in [1.807, 2.05) is 13.0 Å². The second-order valence-electron chi connectivity index (χ2n) is 5.23. The fourth-order valence-corrected chi connectivity index (χ4v) is 3.10. The number of nitrogens with one attached hydrogen (secondary N) is 2. The molecule has 2 heterocycles. The minimum atomic E-state index is -0.268. The Morgan fingerprint density at radius 3 is 3.00 bits per heavy atom. The SMILES string of the molecule is CCCC1(C(=O)Nc2ncc(Br)cc2C)CCNC1. The van der Waals surface area contributed by atoms with Gasteiger partial charge in [-0.1, -0.05) is 13.3 Å². The Labute approximate surface area is 122 Å². The van der Waals surface area contributed by atoms with Crippen molar-refractivity contribution < 1.29 is 4.79 Å². The number of aromatic nitrogens is 1. The predicted molar refractivity (Wildman–Crippen MR) is 80.1 cm³/mol. The summed E-state index contributed by atoms with van der Waals surface area (Å²) < 4.78 is 0.925. The third-order valence-corrected chi connectivity index (χ3v) is 4.16. The molecule has 0 aromatic carbocycles. The lowest BCUT2D eigenvalue weighted by molar-refractivity contribution is -0.125. The van der Waals surface area contributed by atoms with Crippen LogP contribution in [0.2, 0.25) is 0 Å². The zero-order valence-corrected chi connectivity index (χ0v) is 13.0. The fourth-order valence-electron chi connectivity index (χ4n) is 2.65. The molecule has 0 aliphatic carbocycles. The molecule has 1 atom stereocenters. The first-order valence-electron chi connectivity index (χ1n) is 6.72. The average molecular weight is 326 g/mol. The van der Waals surface area contributed by atoms with Crippen LogP contribution in [0.5, 0.6) is 0 Å². The van der Waals surface area contributed by atoms with Crippen LogP contribution in [-0.2, 0) is 4.79 Å². The molecule has 1 aromatic heterocycles. The normalized spacial score (nSPS) is 22.5. The van der Waals surface area contributed by atoms with Crippen molar-refractivity contribution in [1.29, 1.82) is 0 Å². The van der Waals surface area contributed by atoms with Crippen LogP contribution >= 0.6 is 15.9 Å². The van der Waals surface area contributed by atoms with E-state index in [0.29, 0.717) is 5.82 Å². The standard InChI is InChI=1S/C14H20BrN3O/c1-3-4-14(5-6-16-9-14)13(19)18-12-10(2)7-11(15)8-17-12/h7-8,16H,3-6,9H2,1-2H3,(H,17,18,19). The lowest BCUT2D eigenvalue weighted by Crippen LogP contribution is -2.38. The molecular weight excluding hydrogens is 306 g/mol. The fraction of sp³-hybridized carbons (Fsp3) is 0.571. The van der Waals surface area contributed by atoms with Crippen molar-refractivity contribution in [3.63, 3.8) is 0 Å². The summed E-state index contributed by atoms with van der Waals surface area (Å²) in [5.41, 5.74) is 0.705. The van der Waals surface area contributed by atoms with Gasteiger partial charge in [0.1, 0.15) is 5.82 Å². The number of pyridine rings is 1. The molecular formula is C14H20BrN3O. The maximum atomic E-state index is 12.6. The molecule has 1 aliphatic heterocycles. The van der Waals surface area contributed by atoms with E-state index in [-0.39, 0.29) is 11.3 Å². The Morgan fingerprint density at radius 2 is 2.42 bits per heavy atom. The molecule has 5 heteroatoms. The average Bonchev–Trinajstić information content (AvgIpc) is 2.83. The van der Waals surface area contributed by atoms with Crippen LogP contribution in [0, 0.1) is 12.3 Å². The second kappa shape index (κ2) is 6.01. The number of carbonyl (C=O) groups is 1. The molecule has 1 aromatic rings. The first kappa shape index (κ1) is 14.5. The molecule has 2 N–H and O–H groups in total. The summed E-state index contributed by atoms with van der Waals surface area (Å²) in [4.78, 5) is 16.8. The Bertz CT molecular complexity index is 470. The molecule has 1 fully saturated rings. The smallest absolute Gasteiger partial charge is 0.233 e. The van der Waals surface area contributed by atoms with Gasteiger partial charge in [0, 0.05) is 17.2 Å². The van der Waals surface area contributed by atoms with Gasteiger partial charge in [-0.05, 0) is 53.9 Å². The minimum absolute atomic E-state index is 0.0947. The topological polar surface area (TPSA) is 54.0 Å². The van der Waals surface area contributed by atoms with Gasteiger partial charge in [-0.15, -0.1) is 0 Å². The van der Waals surface area contributed by atoms with Crippen LogP contribution in [-0.4, -0.2) is 24.0 Å². The number of carbonyl (C=O) groups excluding carboxylic acids is 1. The lowest BCUT2D eigenvalue weighted by atomic mass is 9.81. The largest absolute Gasteiger partial charge is 0.316 e. The number of amides is 1. The molecule has 1 saturated heterocycles. The summed E-state index contributed by atoms with van der Waals surface area (Å²) in [6.07, 6.45) is 4.55. The van der Waals surface area contributed by atoms with E-state index in [0.717, 1.165) is 42.4 Å². The zero-order valence-electron chi connectivity index (χ0n) is 11.4. The highest BCUT2D eigenvalue weighted by molar-refractivity contribution is 9.10. The first-order chi connectivity index (χ1) is 9.07. The van der Waals surface area contributed by atoms with Crippen molar-refractivity contribution in [2.75, 3.05) is 18.4 Å². The highest BCUT2D eigenvalue weighted by atomic mass is 79.9. The number of anilines is 1. The number of rotatable bonds is 4. The third-order valence-electron chi connectivity index (χ3n) is 3.73. The van der Waals surface area contributed by atoms with Crippen LogP contribution in [0.1, 0.15) is 31.7 Å². The highest BCUT2D eigenvalue weighted by Crippen LogP contribution is 2.32. The van der Waals surface area contributed by atoms with Crippen molar-refractivity contribution in [1.82, 2.24) is 10.3 Å². The molecule has 1 unspecified atom stereocenters. The number of nitrogens with zero attached hydrogens (tertiary/aromatic N) is 1. The van der Waals surface area contributed by atoms with Crippen molar-refractivity contribution >= 4 is 27.7 Å². The maximum Gasteiger partial charge on any atom is 0.233 e. The van der Waals surface area contributed by atoms with E-state index in [4.69, 9.17) is 0 Å². The van der Waals surface area contributed by atoms with Crippen LogP contribution in [0.3, 0.4) is 0 Å². The van der Waals surface area contributed by atoms with E-state index in [9.17, 15) is 4.79 Å². The van der Waals surface area contributed by atoms with E-state index in [1.165, 1.54) is 0 Å². The summed E-state index contributed by atoms with van der Waals surface area (Å²) >= 11 is 3.38. The van der Waals surface area contributed by atoms with Gasteiger partial charge in [-0.25, -0.2) is 4.98 Å². The number of hydrogen-bond acceptors (Lipinski definition) is 3. The molecule has 0 saturated carbocycles. The van der Waals surface area contributed by atoms with E-state index in [2.05, 4.69) is 38.5 Å². The van der Waals surface area contributed by atoms with Crippen molar-refractivity contribution in [2.45, 2.75) is 33.1 Å². The monoisotopic (exact) mass is 325 g/mol. The molecule has 104 valence electrons. The number of aryl methyl sites for hydroxylation is 1. The van der Waals surface area contributed by atoms with Gasteiger partial charge in [0.2, 0.25) is 5.91 Å². The zero-order chi connectivity index (χ0) is 13.9. The minimum Gasteiger partial charge on any atom is -0.316 e. The van der Waals surface area contributed by atoms with E-state index < -0.39 is 0 Å². The van der Waals surface area contributed by atoms with Crippen molar-refractivity contribution in [2.24, 2.45) is 5.41 Å². The molecule has 4 nitrogen and oxygen atoms in total. The summed E-state index contributed by atoms with van der Waals surface area (Å²) in [6.45, 7) is 5.76. The van der Waals surface area contributed by atoms with Gasteiger partial charge in [-0.2, -0.15) is 0 Å². The molecule has 2 rings (SSSR count). The predicted octanol–water partition coefficient (Wildman–Crippen LogP) is 2.87. The van der Waals surface area contributed by atoms with E-state index in [1.54, 1.807) is 6.20 Å². The third kappa shape index (κ3) is 3.15. The Morgan fingerprint density at radius 1 is 1.63 bits per heavy atom. The van der Waals surface area contributed by atoms with Gasteiger partial charge < -0.3 is 10.6 Å². The summed E-state index contributed by atoms with van der Waals surface area (Å²) in [7, 11) is 0. The molecule has 0 bridgehead atoms. The van der Waals surface area contributed by atoms with Gasteiger partial charge in [0.25, 0.3) is 0 Å². The quantitative estimate of drug-likeness (QED) is 0.895. The molecule has 0 radical (unpaired) electrons. The van der Waals surface area contributed by atoms with E-state index >= 15 is 0 Å². The Kier molecular flexibility index (Phi) is 4.58. The Hall–Kier alpha value is -0.940. The van der Waals surface area contributed by atoms with Gasteiger partial charge in [0.15, 0.2) is 0 Å². The molecule has 1 amide bonds. The summed E-state index contributed by atoms with van der Waals surface area (Å²) in [6, 6.07) is 1.96. The van der Waals surface area contributed by atoms with Crippen molar-refractivity contribution in [3.05, 3.63) is 22.3 Å². The summed E-state index contributed by atoms with van der Waals surface area (Å²) in [5, 5.41) is 6.29. The Balaban J connectivity index is 2.15. The second-order valence-corrected chi connectivity index (χ2v) is 6.15. The van der Waals surface area contributed by atoms with Gasteiger partial charge in [0.05, 0.1) is 5.41 Å². The van der Waals surface area contributed by atoms with Crippen LogP contribution in [0.15, 0.2) is 16.7 Å². The molecule has 0 spiro atoms. The molecule has 1 aliphatic rings. The van der Waals surface area contributed by atoms with Crippen LogP contribution < -0.4 is 10.6 Å². The van der Waals surface area contributed by atoms with Crippen molar-refractivity contribution in [3.8, 4) is 0 Å².